The maximum absolute atomic E-state index is 12.9. The highest BCUT2D eigenvalue weighted by molar-refractivity contribution is 5.98. The van der Waals surface area contributed by atoms with Crippen LogP contribution in [0.15, 0.2) is 60.7 Å². The first-order chi connectivity index (χ1) is 15.8. The van der Waals surface area contributed by atoms with Crippen LogP contribution in [0.1, 0.15) is 38.0 Å². The van der Waals surface area contributed by atoms with Gasteiger partial charge in [-0.1, -0.05) is 66.6 Å². The standard InChI is InChI=1S/C26H26O7/c1-4-30-21(27)16-15-20(22-24(28)32-26(2,3)33-25(22)29)23(19-13-9-6-10-14-19)31-17-18-11-7-5-8-12-18/h5-14,20,22-23H,4,17H2,1-3H3/t20?,23-/m0/s1. The number of carbonyl (C=O) groups excluding carboxylic acids is 3. The van der Waals surface area contributed by atoms with Crippen molar-refractivity contribution in [2.45, 2.75) is 39.3 Å². The van der Waals surface area contributed by atoms with E-state index in [1.165, 1.54) is 13.8 Å². The first-order valence-corrected chi connectivity index (χ1v) is 10.6. The molecule has 172 valence electrons. The molecule has 0 bridgehead atoms. The molecule has 1 saturated heterocycles. The van der Waals surface area contributed by atoms with Gasteiger partial charge in [0.1, 0.15) is 0 Å². The Morgan fingerprint density at radius 2 is 1.58 bits per heavy atom. The lowest BCUT2D eigenvalue weighted by Crippen LogP contribution is -2.49. The normalized spacial score (nSPS) is 17.1. The smallest absolute Gasteiger partial charge is 0.384 e. The Morgan fingerprint density at radius 1 is 1.00 bits per heavy atom. The number of hydrogen-bond donors (Lipinski definition) is 0. The van der Waals surface area contributed by atoms with Crippen molar-refractivity contribution in [1.29, 1.82) is 0 Å². The zero-order chi connectivity index (χ0) is 23.8. The van der Waals surface area contributed by atoms with Crippen LogP contribution in [0.3, 0.4) is 0 Å². The predicted octanol–water partition coefficient (Wildman–Crippen LogP) is 3.58. The third-order valence-electron chi connectivity index (χ3n) is 4.90. The molecule has 33 heavy (non-hydrogen) atoms. The van der Waals surface area contributed by atoms with Crippen LogP contribution in [0.5, 0.6) is 0 Å². The van der Waals surface area contributed by atoms with Gasteiger partial charge < -0.3 is 18.9 Å². The van der Waals surface area contributed by atoms with Crippen LogP contribution in [0.2, 0.25) is 0 Å². The van der Waals surface area contributed by atoms with Crippen molar-refractivity contribution in [3.05, 3.63) is 71.8 Å². The molecular formula is C26H26O7. The molecule has 0 aromatic heterocycles. The van der Waals surface area contributed by atoms with Crippen LogP contribution < -0.4 is 0 Å². The first-order valence-electron chi connectivity index (χ1n) is 10.6. The van der Waals surface area contributed by atoms with Crippen LogP contribution in [-0.2, 0) is 39.9 Å². The van der Waals surface area contributed by atoms with E-state index in [4.69, 9.17) is 18.9 Å². The van der Waals surface area contributed by atoms with Gasteiger partial charge in [-0.2, -0.15) is 0 Å². The Kier molecular flexibility index (Phi) is 7.86. The zero-order valence-electron chi connectivity index (χ0n) is 18.8. The molecule has 0 aliphatic carbocycles. The fraction of sp³-hybridized carbons (Fsp3) is 0.346. The SMILES string of the molecule is CCOC(=O)C#CC(C1C(=O)OC(C)(C)OC1=O)[C@@H](OCc1ccccc1)c1ccccc1. The summed E-state index contributed by atoms with van der Waals surface area (Å²) in [6, 6.07) is 18.5. The summed E-state index contributed by atoms with van der Waals surface area (Å²) in [5.41, 5.74) is 1.58. The Bertz CT molecular complexity index is 1010. The van der Waals surface area contributed by atoms with E-state index in [2.05, 4.69) is 11.8 Å². The Balaban J connectivity index is 2.01. The van der Waals surface area contributed by atoms with Crippen molar-refractivity contribution in [3.8, 4) is 11.8 Å². The molecule has 0 amide bonds. The van der Waals surface area contributed by atoms with Crippen molar-refractivity contribution in [1.82, 2.24) is 0 Å². The quantitative estimate of drug-likeness (QED) is 0.276. The van der Waals surface area contributed by atoms with Crippen LogP contribution >= 0.6 is 0 Å². The summed E-state index contributed by atoms with van der Waals surface area (Å²) >= 11 is 0. The van der Waals surface area contributed by atoms with E-state index in [0.29, 0.717) is 5.56 Å². The monoisotopic (exact) mass is 450 g/mol. The summed E-state index contributed by atoms with van der Waals surface area (Å²) in [7, 11) is 0. The predicted molar refractivity (Wildman–Crippen MR) is 118 cm³/mol. The van der Waals surface area contributed by atoms with Gasteiger partial charge in [0.05, 0.1) is 25.2 Å². The number of ether oxygens (including phenoxy) is 4. The van der Waals surface area contributed by atoms with E-state index < -0.39 is 41.6 Å². The largest absolute Gasteiger partial charge is 0.456 e. The minimum absolute atomic E-state index is 0.145. The lowest BCUT2D eigenvalue weighted by atomic mass is 9.83. The number of hydrogen-bond acceptors (Lipinski definition) is 7. The molecule has 1 aliphatic heterocycles. The third kappa shape index (κ3) is 6.43. The Morgan fingerprint density at radius 3 is 2.15 bits per heavy atom. The molecule has 2 aromatic carbocycles. The Hall–Kier alpha value is -3.63. The maximum Gasteiger partial charge on any atom is 0.384 e. The van der Waals surface area contributed by atoms with Crippen molar-refractivity contribution in [2.24, 2.45) is 11.8 Å². The summed E-state index contributed by atoms with van der Waals surface area (Å²) in [6.45, 7) is 4.94. The van der Waals surface area contributed by atoms with E-state index in [9.17, 15) is 14.4 Å². The van der Waals surface area contributed by atoms with Crippen molar-refractivity contribution in [2.75, 3.05) is 6.61 Å². The second-order valence-electron chi connectivity index (χ2n) is 7.86. The molecule has 0 N–H and O–H groups in total. The van der Waals surface area contributed by atoms with Crippen molar-refractivity contribution < 1.29 is 33.3 Å². The fourth-order valence-corrected chi connectivity index (χ4v) is 3.48. The van der Waals surface area contributed by atoms with Gasteiger partial charge >= 0.3 is 17.9 Å². The van der Waals surface area contributed by atoms with E-state index in [1.807, 2.05) is 48.5 Å². The van der Waals surface area contributed by atoms with E-state index >= 15 is 0 Å². The van der Waals surface area contributed by atoms with Gasteiger partial charge in [0, 0.05) is 19.8 Å². The summed E-state index contributed by atoms with van der Waals surface area (Å²) in [6.07, 6.45) is -0.834. The lowest BCUT2D eigenvalue weighted by Gasteiger charge is -2.36. The lowest BCUT2D eigenvalue weighted by molar-refractivity contribution is -0.243. The van der Waals surface area contributed by atoms with Crippen LogP contribution in [0, 0.1) is 23.7 Å². The molecule has 1 heterocycles. The summed E-state index contributed by atoms with van der Waals surface area (Å²) in [4.78, 5) is 37.7. The molecule has 2 atom stereocenters. The molecule has 1 unspecified atom stereocenters. The molecular weight excluding hydrogens is 424 g/mol. The van der Waals surface area contributed by atoms with Gasteiger partial charge in [0.15, 0.2) is 5.92 Å². The summed E-state index contributed by atoms with van der Waals surface area (Å²) in [5.74, 6) is -1.07. The molecule has 1 aliphatic rings. The molecule has 3 rings (SSSR count). The molecule has 7 nitrogen and oxygen atoms in total. The Labute approximate surface area is 193 Å². The number of cyclic esters (lactones) is 2. The first kappa shape index (κ1) is 24.0. The highest BCUT2D eigenvalue weighted by Crippen LogP contribution is 2.37. The number of esters is 3. The average molecular weight is 450 g/mol. The maximum atomic E-state index is 12.9. The molecule has 7 heteroatoms. The van der Waals surface area contributed by atoms with Crippen LogP contribution in [-0.4, -0.2) is 30.3 Å². The average Bonchev–Trinajstić information content (AvgIpc) is 2.77. The van der Waals surface area contributed by atoms with E-state index in [-0.39, 0.29) is 13.2 Å². The van der Waals surface area contributed by atoms with Gasteiger partial charge in [-0.05, 0) is 18.1 Å². The molecule has 2 aromatic rings. The zero-order valence-corrected chi connectivity index (χ0v) is 18.8. The topological polar surface area (TPSA) is 88.1 Å². The molecule has 0 radical (unpaired) electrons. The second kappa shape index (κ2) is 10.8. The van der Waals surface area contributed by atoms with Crippen LogP contribution in [0.25, 0.3) is 0 Å². The van der Waals surface area contributed by atoms with Gasteiger partial charge in [0.25, 0.3) is 5.79 Å². The molecule has 0 spiro atoms. The van der Waals surface area contributed by atoms with Crippen LogP contribution in [0.4, 0.5) is 0 Å². The van der Waals surface area contributed by atoms with Gasteiger partial charge in [-0.15, -0.1) is 0 Å². The second-order valence-corrected chi connectivity index (χ2v) is 7.86. The van der Waals surface area contributed by atoms with E-state index in [1.54, 1.807) is 19.1 Å². The molecule has 1 fully saturated rings. The highest BCUT2D eigenvalue weighted by atomic mass is 16.7. The number of rotatable bonds is 7. The number of benzene rings is 2. The number of carbonyl (C=O) groups is 3. The fourth-order valence-electron chi connectivity index (χ4n) is 3.48. The van der Waals surface area contributed by atoms with Crippen molar-refractivity contribution in [3.63, 3.8) is 0 Å². The van der Waals surface area contributed by atoms with E-state index in [0.717, 1.165) is 5.56 Å². The van der Waals surface area contributed by atoms with Crippen molar-refractivity contribution >= 4 is 17.9 Å². The third-order valence-corrected chi connectivity index (χ3v) is 4.90. The van der Waals surface area contributed by atoms with Gasteiger partial charge in [-0.25, -0.2) is 4.79 Å². The minimum Gasteiger partial charge on any atom is -0.456 e. The molecule has 0 saturated carbocycles. The van der Waals surface area contributed by atoms with Gasteiger partial charge in [0.2, 0.25) is 0 Å². The summed E-state index contributed by atoms with van der Waals surface area (Å²) in [5, 5.41) is 0. The highest BCUT2D eigenvalue weighted by Gasteiger charge is 2.49. The summed E-state index contributed by atoms with van der Waals surface area (Å²) < 4.78 is 21.7. The minimum atomic E-state index is -1.40. The van der Waals surface area contributed by atoms with Gasteiger partial charge in [-0.3, -0.25) is 9.59 Å².